The van der Waals surface area contributed by atoms with Crippen LogP contribution in [0.3, 0.4) is 0 Å². The molecule has 0 saturated heterocycles. The molecule has 3 heteroatoms. The van der Waals surface area contributed by atoms with Gasteiger partial charge in [0.25, 0.3) is 0 Å². The van der Waals surface area contributed by atoms with Crippen molar-refractivity contribution in [2.24, 2.45) is 0 Å². The van der Waals surface area contributed by atoms with E-state index in [0.29, 0.717) is 11.7 Å². The predicted octanol–water partition coefficient (Wildman–Crippen LogP) is 3.04. The van der Waals surface area contributed by atoms with E-state index in [2.05, 4.69) is 17.9 Å². The summed E-state index contributed by atoms with van der Waals surface area (Å²) in [4.78, 5) is 26.4. The monoisotopic (exact) mass is 296 g/mol. The minimum atomic E-state index is -2.75. The molecule has 2 aliphatic rings. The standard InChI is InChI=1S/C9H11.C5H5.2CO.Fe/c1-2-6-9-7-4-3-5-8-9;1-2-4-5-3-1;2*1-2;/h7H,1,3-5,8H2;1-3H,4H2;;;. The van der Waals surface area contributed by atoms with Crippen LogP contribution >= 0.6 is 0 Å². The van der Waals surface area contributed by atoms with Gasteiger partial charge in [-0.3, -0.25) is 0 Å². The van der Waals surface area contributed by atoms with Gasteiger partial charge in [0.15, 0.2) is 0 Å². The summed E-state index contributed by atoms with van der Waals surface area (Å²) >= 11 is -2.75. The Morgan fingerprint density at radius 3 is 2.63 bits per heavy atom. The van der Waals surface area contributed by atoms with E-state index in [0.717, 1.165) is 22.9 Å². The normalized spacial score (nSPS) is 18.5. The molecule has 0 aromatic carbocycles. The van der Waals surface area contributed by atoms with Crippen LogP contribution in [0.4, 0.5) is 0 Å². The quantitative estimate of drug-likeness (QED) is 0.580. The van der Waals surface area contributed by atoms with Crippen molar-refractivity contribution in [3.63, 3.8) is 0 Å². The fourth-order valence-corrected chi connectivity index (χ4v) is 4.14. The number of carbonyl (C=O) groups excluding carboxylic acids is 2. The minimum absolute atomic E-state index is 0.296. The molecule has 0 aliphatic heterocycles. The number of rotatable bonds is 2. The van der Waals surface area contributed by atoms with Crippen LogP contribution in [0.5, 0.6) is 0 Å². The van der Waals surface area contributed by atoms with Gasteiger partial charge in [-0.2, -0.15) is 0 Å². The average molecular weight is 296 g/mol. The van der Waals surface area contributed by atoms with Crippen molar-refractivity contribution in [2.45, 2.75) is 37.4 Å². The van der Waals surface area contributed by atoms with Crippen LogP contribution in [0.25, 0.3) is 0 Å². The summed E-state index contributed by atoms with van der Waals surface area (Å²) in [6.07, 6.45) is 13.0. The molecular formula is C16H16FeO2. The van der Waals surface area contributed by atoms with Crippen molar-refractivity contribution in [1.29, 1.82) is 0 Å². The van der Waals surface area contributed by atoms with Crippen molar-refractivity contribution in [3.05, 3.63) is 34.3 Å². The van der Waals surface area contributed by atoms with Crippen molar-refractivity contribution in [2.75, 3.05) is 0 Å². The van der Waals surface area contributed by atoms with Crippen LogP contribution in [0, 0.1) is 11.8 Å². The molecule has 0 radical (unpaired) electrons. The molecule has 0 amide bonds. The van der Waals surface area contributed by atoms with Crippen LogP contribution in [0.15, 0.2) is 34.3 Å². The van der Waals surface area contributed by atoms with E-state index in [1.165, 1.54) is 12.8 Å². The van der Waals surface area contributed by atoms with Gasteiger partial charge >= 0.3 is 115 Å². The van der Waals surface area contributed by atoms with E-state index in [4.69, 9.17) is 0 Å². The van der Waals surface area contributed by atoms with Gasteiger partial charge < -0.3 is 0 Å². The molecule has 0 heterocycles. The fraction of sp³-hybridized carbons (Fsp3) is 0.375. The Kier molecular flexibility index (Phi) is 4.80. The Balaban J connectivity index is 2.21. The van der Waals surface area contributed by atoms with E-state index in [1.807, 2.05) is 27.8 Å². The van der Waals surface area contributed by atoms with Gasteiger partial charge in [-0.1, -0.05) is 0 Å². The average Bonchev–Trinajstić information content (AvgIpc) is 3.00. The van der Waals surface area contributed by atoms with Crippen LogP contribution in [0.1, 0.15) is 32.1 Å². The first-order valence-corrected chi connectivity index (χ1v) is 8.75. The molecule has 0 unspecified atom stereocenters. The molecule has 0 bridgehead atoms. The Morgan fingerprint density at radius 2 is 2.05 bits per heavy atom. The third-order valence-electron chi connectivity index (χ3n) is 3.14. The van der Waals surface area contributed by atoms with Crippen LogP contribution < -0.4 is 0 Å². The summed E-state index contributed by atoms with van der Waals surface area (Å²) in [6, 6.07) is 0. The number of hydrogen-bond acceptors (Lipinski definition) is 2. The van der Waals surface area contributed by atoms with Crippen molar-refractivity contribution >= 4 is 9.57 Å². The molecule has 0 spiro atoms. The van der Waals surface area contributed by atoms with Crippen LogP contribution in [-0.4, -0.2) is 9.57 Å². The van der Waals surface area contributed by atoms with Gasteiger partial charge in [0.05, 0.1) is 0 Å². The summed E-state index contributed by atoms with van der Waals surface area (Å²) < 4.78 is 0.865. The zero-order valence-corrected chi connectivity index (χ0v) is 11.8. The van der Waals surface area contributed by atoms with Gasteiger partial charge in [0.2, 0.25) is 0 Å². The SMILES string of the molecule is O=[C]=[Fe](=[C]=O)([CH2]C#CC1=CCCCC1)[C]1=CC=CC1. The van der Waals surface area contributed by atoms with E-state index in [9.17, 15) is 9.59 Å². The third kappa shape index (κ3) is 3.27. The summed E-state index contributed by atoms with van der Waals surface area (Å²) in [5.41, 5.74) is 1.14. The van der Waals surface area contributed by atoms with Crippen molar-refractivity contribution in [3.8, 4) is 11.8 Å². The summed E-state index contributed by atoms with van der Waals surface area (Å²) in [5.74, 6) is 6.12. The zero-order chi connectivity index (χ0) is 13.6. The molecule has 0 aromatic rings. The Hall–Kier alpha value is -1.54. The molecule has 0 aromatic heterocycles. The first-order chi connectivity index (χ1) is 9.30. The van der Waals surface area contributed by atoms with Crippen LogP contribution in [0.2, 0.25) is 5.32 Å². The molecule has 0 atom stereocenters. The summed E-state index contributed by atoms with van der Waals surface area (Å²) in [7, 11) is 0. The van der Waals surface area contributed by atoms with Gasteiger partial charge in [-0.15, -0.1) is 0 Å². The van der Waals surface area contributed by atoms with Gasteiger partial charge in [-0.25, -0.2) is 0 Å². The zero-order valence-electron chi connectivity index (χ0n) is 10.7. The third-order valence-corrected chi connectivity index (χ3v) is 6.31. The number of hydrogen-bond donors (Lipinski definition) is 0. The molecule has 0 saturated carbocycles. The maximum absolute atomic E-state index is 11.2. The molecule has 0 fully saturated rings. The van der Waals surface area contributed by atoms with Gasteiger partial charge in [0, 0.05) is 0 Å². The Bertz CT molecular complexity index is 656. The van der Waals surface area contributed by atoms with Crippen molar-refractivity contribution < 1.29 is 21.6 Å². The molecular weight excluding hydrogens is 280 g/mol. The Labute approximate surface area is 115 Å². The molecule has 100 valence electrons. The molecule has 0 N–H and O–H groups in total. The van der Waals surface area contributed by atoms with E-state index < -0.39 is 12.0 Å². The van der Waals surface area contributed by atoms with Crippen molar-refractivity contribution in [1.82, 2.24) is 0 Å². The van der Waals surface area contributed by atoms with Gasteiger partial charge in [0.1, 0.15) is 0 Å². The second-order valence-electron chi connectivity index (χ2n) is 4.42. The second-order valence-corrected chi connectivity index (χ2v) is 7.97. The van der Waals surface area contributed by atoms with E-state index in [1.54, 1.807) is 0 Å². The predicted molar refractivity (Wildman–Crippen MR) is 72.4 cm³/mol. The molecule has 2 aliphatic carbocycles. The summed E-state index contributed by atoms with van der Waals surface area (Å²) in [6.45, 7) is 0. The summed E-state index contributed by atoms with van der Waals surface area (Å²) in [5, 5.41) is 0.296. The fourth-order valence-electron chi connectivity index (χ4n) is 2.07. The Morgan fingerprint density at radius 1 is 1.21 bits per heavy atom. The molecule has 19 heavy (non-hydrogen) atoms. The van der Waals surface area contributed by atoms with E-state index >= 15 is 0 Å². The molecule has 2 rings (SSSR count). The van der Waals surface area contributed by atoms with Gasteiger partial charge in [-0.05, 0) is 0 Å². The second kappa shape index (κ2) is 6.58. The van der Waals surface area contributed by atoms with E-state index in [-0.39, 0.29) is 0 Å². The first kappa shape index (κ1) is 13.9. The maximum atomic E-state index is 11.2. The first-order valence-electron chi connectivity index (χ1n) is 6.31. The van der Waals surface area contributed by atoms with Crippen LogP contribution in [-0.2, 0) is 21.6 Å². The molecule has 2 nitrogen and oxygen atoms in total. The topological polar surface area (TPSA) is 34.1 Å². The number of allylic oxidation sites excluding steroid dienone is 6.